The number of hydrogen-bond acceptors (Lipinski definition) is 2. The van der Waals surface area contributed by atoms with E-state index in [4.69, 9.17) is 0 Å². The lowest BCUT2D eigenvalue weighted by atomic mass is 9.68. The van der Waals surface area contributed by atoms with Crippen molar-refractivity contribution in [3.63, 3.8) is 0 Å². The molecule has 3 atom stereocenters. The van der Waals surface area contributed by atoms with E-state index in [0.717, 1.165) is 37.7 Å². The Bertz CT molecular complexity index is 333. The third kappa shape index (κ3) is 0.876. The topological polar surface area (TPSA) is 37.3 Å². The number of carbonyl (C=O) groups excluding carboxylic acids is 1. The van der Waals surface area contributed by atoms with Gasteiger partial charge in [0.2, 0.25) is 0 Å². The molecule has 1 spiro atoms. The average Bonchev–Trinajstić information content (AvgIpc) is 2.48. The summed E-state index contributed by atoms with van der Waals surface area (Å²) < 4.78 is 0. The van der Waals surface area contributed by atoms with Crippen LogP contribution in [0, 0.1) is 11.3 Å². The van der Waals surface area contributed by atoms with Gasteiger partial charge in [0.05, 0.1) is 5.60 Å². The molecule has 0 radical (unpaired) electrons. The van der Waals surface area contributed by atoms with Crippen LogP contribution in [0.3, 0.4) is 0 Å². The minimum absolute atomic E-state index is 0.112. The van der Waals surface area contributed by atoms with Crippen molar-refractivity contribution in [1.29, 1.82) is 0 Å². The van der Waals surface area contributed by atoms with E-state index in [1.54, 1.807) is 0 Å². The summed E-state index contributed by atoms with van der Waals surface area (Å²) in [4.78, 5) is 11.5. The maximum Gasteiger partial charge on any atom is 0.133 e. The first-order chi connectivity index (χ1) is 6.54. The number of fused-ring (bicyclic) bond motifs is 1. The van der Waals surface area contributed by atoms with Gasteiger partial charge in [-0.1, -0.05) is 6.58 Å². The van der Waals surface area contributed by atoms with Crippen LogP contribution in [0.4, 0.5) is 0 Å². The molecule has 0 aromatic carbocycles. The Morgan fingerprint density at radius 2 is 2.21 bits per heavy atom. The summed E-state index contributed by atoms with van der Waals surface area (Å²) in [6, 6.07) is 0. The number of ketones is 1. The maximum absolute atomic E-state index is 11.5. The van der Waals surface area contributed by atoms with E-state index in [-0.39, 0.29) is 5.41 Å². The minimum atomic E-state index is -0.624. The molecule has 14 heavy (non-hydrogen) atoms. The first-order valence-corrected chi connectivity index (χ1v) is 5.46. The van der Waals surface area contributed by atoms with Crippen LogP contribution in [0.5, 0.6) is 0 Å². The Labute approximate surface area is 84.0 Å². The van der Waals surface area contributed by atoms with Gasteiger partial charge >= 0.3 is 0 Å². The van der Waals surface area contributed by atoms with Gasteiger partial charge in [0.15, 0.2) is 0 Å². The summed E-state index contributed by atoms with van der Waals surface area (Å²) in [5, 5.41) is 10.3. The van der Waals surface area contributed by atoms with Gasteiger partial charge in [-0.05, 0) is 42.6 Å². The average molecular weight is 192 g/mol. The fraction of sp³-hybridized carbons (Fsp3) is 0.750. The van der Waals surface area contributed by atoms with Gasteiger partial charge in [-0.2, -0.15) is 0 Å². The maximum atomic E-state index is 11.5. The van der Waals surface area contributed by atoms with E-state index in [1.807, 2.05) is 0 Å². The fourth-order valence-electron chi connectivity index (χ4n) is 3.96. The molecule has 2 bridgehead atoms. The number of rotatable bonds is 0. The molecule has 2 heteroatoms. The lowest BCUT2D eigenvalue weighted by Crippen LogP contribution is -2.36. The first kappa shape index (κ1) is 8.66. The van der Waals surface area contributed by atoms with Crippen LogP contribution in [0.2, 0.25) is 0 Å². The highest BCUT2D eigenvalue weighted by Crippen LogP contribution is 2.63. The van der Waals surface area contributed by atoms with E-state index in [2.05, 4.69) is 6.58 Å². The summed E-state index contributed by atoms with van der Waals surface area (Å²) in [6.45, 7) is 3.99. The molecule has 3 aliphatic rings. The molecule has 0 saturated heterocycles. The second-order valence-electron chi connectivity index (χ2n) is 5.51. The smallest absolute Gasteiger partial charge is 0.133 e. The van der Waals surface area contributed by atoms with Crippen molar-refractivity contribution in [2.75, 3.05) is 0 Å². The predicted octanol–water partition coefficient (Wildman–Crippen LogP) is 1.83. The van der Waals surface area contributed by atoms with E-state index in [1.165, 1.54) is 0 Å². The van der Waals surface area contributed by atoms with Crippen molar-refractivity contribution in [2.45, 2.75) is 44.1 Å². The molecular weight excluding hydrogens is 176 g/mol. The molecule has 3 fully saturated rings. The second-order valence-corrected chi connectivity index (χ2v) is 5.51. The summed E-state index contributed by atoms with van der Waals surface area (Å²) >= 11 is 0. The summed E-state index contributed by atoms with van der Waals surface area (Å²) in [6.07, 6.45) is 4.98. The molecule has 3 saturated carbocycles. The van der Waals surface area contributed by atoms with E-state index < -0.39 is 5.60 Å². The lowest BCUT2D eigenvalue weighted by molar-refractivity contribution is -0.118. The van der Waals surface area contributed by atoms with Crippen LogP contribution >= 0.6 is 0 Å². The van der Waals surface area contributed by atoms with Crippen molar-refractivity contribution in [3.05, 3.63) is 12.2 Å². The standard InChI is InChI=1S/C12H16O2/c1-8-5-11-6-10(13)4-9(11)2-3-12(8,14)7-11/h9,14H,1-7H2. The Morgan fingerprint density at radius 1 is 1.43 bits per heavy atom. The van der Waals surface area contributed by atoms with Crippen molar-refractivity contribution in [2.24, 2.45) is 11.3 Å². The highest BCUT2D eigenvalue weighted by Gasteiger charge is 2.60. The summed E-state index contributed by atoms with van der Waals surface area (Å²) in [5.41, 5.74) is 0.470. The molecule has 0 heterocycles. The molecule has 0 aliphatic heterocycles. The van der Waals surface area contributed by atoms with Crippen molar-refractivity contribution in [3.8, 4) is 0 Å². The molecule has 3 aliphatic carbocycles. The van der Waals surface area contributed by atoms with Gasteiger partial charge in [0.25, 0.3) is 0 Å². The Morgan fingerprint density at radius 3 is 3.00 bits per heavy atom. The molecule has 0 aromatic rings. The van der Waals surface area contributed by atoms with Crippen LogP contribution < -0.4 is 0 Å². The second kappa shape index (κ2) is 2.30. The summed E-state index contributed by atoms with van der Waals surface area (Å²) in [7, 11) is 0. The molecule has 76 valence electrons. The molecule has 2 nitrogen and oxygen atoms in total. The largest absolute Gasteiger partial charge is 0.386 e. The number of aliphatic hydroxyl groups is 1. The van der Waals surface area contributed by atoms with Crippen LogP contribution in [0.15, 0.2) is 12.2 Å². The normalized spacial score (nSPS) is 51.1. The third-order valence-corrected chi connectivity index (χ3v) is 4.66. The zero-order valence-corrected chi connectivity index (χ0v) is 8.38. The number of Topliss-reactive ketones (excluding diaryl/α,β-unsaturated/α-hetero) is 1. The molecule has 1 N–H and O–H groups in total. The van der Waals surface area contributed by atoms with Crippen LogP contribution in [-0.2, 0) is 4.79 Å². The molecule has 3 rings (SSSR count). The lowest BCUT2D eigenvalue weighted by Gasteiger charge is -2.38. The number of hydrogen-bond donors (Lipinski definition) is 1. The summed E-state index contributed by atoms with van der Waals surface area (Å²) in [5.74, 6) is 0.934. The monoisotopic (exact) mass is 192 g/mol. The molecule has 0 aromatic heterocycles. The Hall–Kier alpha value is -0.630. The van der Waals surface area contributed by atoms with Crippen LogP contribution in [0.1, 0.15) is 38.5 Å². The van der Waals surface area contributed by atoms with Crippen LogP contribution in [0.25, 0.3) is 0 Å². The van der Waals surface area contributed by atoms with Crippen molar-refractivity contribution >= 4 is 5.78 Å². The Balaban J connectivity index is 2.03. The fourth-order valence-corrected chi connectivity index (χ4v) is 3.96. The van der Waals surface area contributed by atoms with E-state index in [0.29, 0.717) is 18.1 Å². The zero-order valence-electron chi connectivity index (χ0n) is 8.38. The van der Waals surface area contributed by atoms with E-state index in [9.17, 15) is 9.90 Å². The third-order valence-electron chi connectivity index (χ3n) is 4.66. The van der Waals surface area contributed by atoms with Crippen molar-refractivity contribution in [1.82, 2.24) is 0 Å². The van der Waals surface area contributed by atoms with E-state index >= 15 is 0 Å². The molecular formula is C12H16O2. The Kier molecular flexibility index (Phi) is 1.42. The highest BCUT2D eigenvalue weighted by atomic mass is 16.3. The number of carbonyl (C=O) groups is 1. The van der Waals surface area contributed by atoms with Crippen molar-refractivity contribution < 1.29 is 9.90 Å². The van der Waals surface area contributed by atoms with Gasteiger partial charge in [-0.15, -0.1) is 0 Å². The minimum Gasteiger partial charge on any atom is -0.386 e. The SMILES string of the molecule is C=C1CC23CC(=O)CC2CCC1(O)C3. The van der Waals surface area contributed by atoms with Gasteiger partial charge in [-0.3, -0.25) is 4.79 Å². The van der Waals surface area contributed by atoms with Crippen LogP contribution in [-0.4, -0.2) is 16.5 Å². The molecule has 3 unspecified atom stereocenters. The predicted molar refractivity (Wildman–Crippen MR) is 52.7 cm³/mol. The van der Waals surface area contributed by atoms with Gasteiger partial charge in [0, 0.05) is 12.8 Å². The quantitative estimate of drug-likeness (QED) is 0.594. The van der Waals surface area contributed by atoms with Gasteiger partial charge < -0.3 is 5.11 Å². The highest BCUT2D eigenvalue weighted by molar-refractivity contribution is 5.82. The first-order valence-electron chi connectivity index (χ1n) is 5.46. The zero-order chi connectivity index (χ0) is 9.97. The molecule has 0 amide bonds. The van der Waals surface area contributed by atoms with Gasteiger partial charge in [-0.25, -0.2) is 0 Å². The van der Waals surface area contributed by atoms with Gasteiger partial charge in [0.1, 0.15) is 5.78 Å².